The first-order chi connectivity index (χ1) is 14.2. The molecule has 0 atom stereocenters. The smallest absolute Gasteiger partial charge is 0.300 e. The summed E-state index contributed by atoms with van der Waals surface area (Å²) >= 11 is 6.18. The lowest BCUT2D eigenvalue weighted by Gasteiger charge is -2.15. The van der Waals surface area contributed by atoms with E-state index in [2.05, 4.69) is 10.4 Å². The molecule has 3 rings (SSSR count). The normalized spacial score (nSPS) is 14.2. The van der Waals surface area contributed by atoms with E-state index in [1.54, 1.807) is 6.08 Å². The number of carboxylic acid groups (broad SMARTS) is 1. The first kappa shape index (κ1) is 22.6. The number of thiocarbonyl (C=S) groups is 1. The maximum absolute atomic E-state index is 12.5. The number of rotatable bonds is 4. The molecule has 154 valence electrons. The number of carbonyl (C=O) groups is 3. The number of amides is 2. The van der Waals surface area contributed by atoms with Crippen molar-refractivity contribution in [3.63, 3.8) is 0 Å². The lowest BCUT2D eigenvalue weighted by atomic mass is 10.2. The second-order valence-corrected chi connectivity index (χ2v) is 7.24. The summed E-state index contributed by atoms with van der Waals surface area (Å²) in [5, 5.41) is 19.1. The van der Waals surface area contributed by atoms with Crippen molar-refractivity contribution in [2.24, 2.45) is 0 Å². The third-order valence-corrected chi connectivity index (χ3v) is 4.65. The fourth-order valence-corrected chi connectivity index (χ4v) is 3.26. The molecule has 2 heterocycles. The lowest BCUT2D eigenvalue weighted by molar-refractivity contribution is -0.384. The van der Waals surface area contributed by atoms with Crippen LogP contribution in [0.4, 0.5) is 5.69 Å². The summed E-state index contributed by atoms with van der Waals surface area (Å²) in [5.41, 5.74) is 3.37. The highest BCUT2D eigenvalue weighted by Crippen LogP contribution is 2.31. The van der Waals surface area contributed by atoms with Crippen molar-refractivity contribution in [3.05, 3.63) is 74.9 Å². The van der Waals surface area contributed by atoms with Gasteiger partial charge < -0.3 is 5.11 Å². The number of aliphatic carboxylic acids is 1. The van der Waals surface area contributed by atoms with E-state index in [0.717, 1.165) is 23.7 Å². The quantitative estimate of drug-likeness (QED) is 0.313. The second kappa shape index (κ2) is 10.2. The largest absolute Gasteiger partial charge is 0.481 e. The summed E-state index contributed by atoms with van der Waals surface area (Å²) in [6.07, 6.45) is 4.49. The number of hydrazine groups is 1. The molecule has 0 saturated carbocycles. The molecular weight excluding hydrogens is 432 g/mol. The summed E-state index contributed by atoms with van der Waals surface area (Å²) in [6, 6.07) is 8.77. The topological polar surface area (TPSA) is 143 Å². The summed E-state index contributed by atoms with van der Waals surface area (Å²) in [5.74, 6) is -1.79. The van der Waals surface area contributed by atoms with Crippen molar-refractivity contribution >= 4 is 57.8 Å². The molecule has 1 aliphatic rings. The fraction of sp³-hybridized carbons (Fsp3) is 0.0556. The number of nitro benzene ring substituents is 1. The number of benzene rings is 1. The number of nitro groups is 1. The summed E-state index contributed by atoms with van der Waals surface area (Å²) in [6.45, 7) is 1.08. The molecule has 1 fully saturated rings. The maximum Gasteiger partial charge on any atom is 0.300 e. The fourth-order valence-electron chi connectivity index (χ4n) is 2.08. The highest BCUT2D eigenvalue weighted by Gasteiger charge is 2.33. The standard InChI is InChI=1S/C16H10N4O4S2.C2H4O2/c21-14(11-5-7-17-8-6-11)18-19-15(22)13(26-16(19)25)9-10-1-3-12(4-2-10)20(23)24;1-2(3)4/h1-9H,(H,18,21);1H3,(H,3,4). The highest BCUT2D eigenvalue weighted by molar-refractivity contribution is 8.26. The minimum Gasteiger partial charge on any atom is -0.481 e. The van der Waals surface area contributed by atoms with Crippen molar-refractivity contribution in [2.75, 3.05) is 0 Å². The monoisotopic (exact) mass is 446 g/mol. The zero-order valence-electron chi connectivity index (χ0n) is 15.3. The van der Waals surface area contributed by atoms with Gasteiger partial charge in [-0.15, -0.1) is 0 Å². The van der Waals surface area contributed by atoms with Crippen LogP contribution in [0.2, 0.25) is 0 Å². The van der Waals surface area contributed by atoms with E-state index in [9.17, 15) is 19.7 Å². The van der Waals surface area contributed by atoms with Crippen LogP contribution in [0.25, 0.3) is 6.08 Å². The predicted molar refractivity (Wildman–Crippen MR) is 113 cm³/mol. The molecule has 0 aliphatic carbocycles. The number of non-ortho nitro benzene ring substituents is 1. The molecule has 1 aliphatic heterocycles. The summed E-state index contributed by atoms with van der Waals surface area (Å²) < 4.78 is 0.186. The Hall–Kier alpha value is -3.64. The van der Waals surface area contributed by atoms with Gasteiger partial charge in [-0.25, -0.2) is 0 Å². The molecule has 1 aromatic heterocycles. The molecular formula is C18H14N4O6S2. The molecule has 12 heteroatoms. The van der Waals surface area contributed by atoms with Gasteiger partial charge in [-0.2, -0.15) is 5.01 Å². The zero-order valence-corrected chi connectivity index (χ0v) is 17.0. The van der Waals surface area contributed by atoms with Gasteiger partial charge in [0.15, 0.2) is 4.32 Å². The Labute approximate surface area is 179 Å². The predicted octanol–water partition coefficient (Wildman–Crippen LogP) is 2.63. The number of aromatic nitrogens is 1. The van der Waals surface area contributed by atoms with Crippen LogP contribution in [-0.2, 0) is 9.59 Å². The molecule has 0 radical (unpaired) electrons. The van der Waals surface area contributed by atoms with E-state index in [1.807, 2.05) is 0 Å². The van der Waals surface area contributed by atoms with Gasteiger partial charge in [0.1, 0.15) is 0 Å². The molecule has 1 aromatic carbocycles. The summed E-state index contributed by atoms with van der Waals surface area (Å²) in [4.78, 5) is 48.0. The zero-order chi connectivity index (χ0) is 22.3. The van der Waals surface area contributed by atoms with E-state index < -0.39 is 22.7 Å². The van der Waals surface area contributed by atoms with Gasteiger partial charge >= 0.3 is 0 Å². The molecule has 2 aromatic rings. The van der Waals surface area contributed by atoms with Crippen molar-refractivity contribution in [3.8, 4) is 0 Å². The van der Waals surface area contributed by atoms with Crippen LogP contribution in [0.3, 0.4) is 0 Å². The van der Waals surface area contributed by atoms with E-state index in [0.29, 0.717) is 16.0 Å². The van der Waals surface area contributed by atoms with Gasteiger partial charge in [-0.3, -0.25) is 34.9 Å². The number of carboxylic acids is 1. The molecule has 0 unspecified atom stereocenters. The van der Waals surface area contributed by atoms with E-state index in [4.69, 9.17) is 22.1 Å². The van der Waals surface area contributed by atoms with Gasteiger partial charge in [0.2, 0.25) is 0 Å². The van der Waals surface area contributed by atoms with Crippen LogP contribution in [0.1, 0.15) is 22.8 Å². The van der Waals surface area contributed by atoms with Crippen molar-refractivity contribution < 1.29 is 24.4 Å². The van der Waals surface area contributed by atoms with Gasteiger partial charge in [0.05, 0.1) is 9.83 Å². The number of thioether (sulfide) groups is 1. The van der Waals surface area contributed by atoms with Gasteiger partial charge in [0, 0.05) is 37.0 Å². The highest BCUT2D eigenvalue weighted by atomic mass is 32.2. The van der Waals surface area contributed by atoms with Gasteiger partial charge in [0.25, 0.3) is 23.5 Å². The molecule has 0 spiro atoms. The van der Waals surface area contributed by atoms with E-state index in [-0.39, 0.29) is 10.0 Å². The lowest BCUT2D eigenvalue weighted by Crippen LogP contribution is -2.44. The molecule has 30 heavy (non-hydrogen) atoms. The molecule has 2 amide bonds. The summed E-state index contributed by atoms with van der Waals surface area (Å²) in [7, 11) is 0. The Bertz CT molecular complexity index is 1020. The van der Waals surface area contributed by atoms with Crippen molar-refractivity contribution in [2.45, 2.75) is 6.92 Å². The molecule has 0 bridgehead atoms. The SMILES string of the molecule is CC(=O)O.O=C(NN1C(=O)C(=Cc2ccc([N+](=O)[O-])cc2)SC1=S)c1ccncc1. The minimum atomic E-state index is -0.833. The number of hydrogen-bond acceptors (Lipinski definition) is 8. The Morgan fingerprint density at radius 2 is 1.80 bits per heavy atom. The maximum atomic E-state index is 12.5. The third kappa shape index (κ3) is 6.18. The van der Waals surface area contributed by atoms with Crippen LogP contribution in [0.15, 0.2) is 53.7 Å². The van der Waals surface area contributed by atoms with Crippen LogP contribution in [-0.4, -0.2) is 42.1 Å². The number of pyridine rings is 1. The van der Waals surface area contributed by atoms with Gasteiger partial charge in [-0.1, -0.05) is 11.8 Å². The molecule has 10 nitrogen and oxygen atoms in total. The average molecular weight is 446 g/mol. The average Bonchev–Trinajstić information content (AvgIpc) is 2.96. The number of nitrogens with one attached hydrogen (secondary N) is 1. The number of hydrogen-bond donors (Lipinski definition) is 2. The van der Waals surface area contributed by atoms with Crippen LogP contribution in [0.5, 0.6) is 0 Å². The number of nitrogens with zero attached hydrogens (tertiary/aromatic N) is 3. The first-order valence-electron chi connectivity index (χ1n) is 8.12. The minimum absolute atomic E-state index is 0.0423. The van der Waals surface area contributed by atoms with Crippen LogP contribution >= 0.6 is 24.0 Å². The Morgan fingerprint density at radius 3 is 2.33 bits per heavy atom. The van der Waals surface area contributed by atoms with Crippen LogP contribution < -0.4 is 5.43 Å². The van der Waals surface area contributed by atoms with E-state index >= 15 is 0 Å². The molecule has 2 N–H and O–H groups in total. The van der Waals surface area contributed by atoms with E-state index in [1.165, 1.54) is 48.8 Å². The third-order valence-electron chi connectivity index (χ3n) is 3.35. The van der Waals surface area contributed by atoms with Crippen molar-refractivity contribution in [1.82, 2.24) is 15.4 Å². The second-order valence-electron chi connectivity index (χ2n) is 5.56. The Kier molecular flexibility index (Phi) is 7.72. The molecule has 1 saturated heterocycles. The Morgan fingerprint density at radius 1 is 1.23 bits per heavy atom. The Balaban J connectivity index is 0.000000735. The number of carbonyl (C=O) groups excluding carboxylic acids is 2. The van der Waals surface area contributed by atoms with Crippen molar-refractivity contribution in [1.29, 1.82) is 0 Å². The first-order valence-corrected chi connectivity index (χ1v) is 9.34. The van der Waals surface area contributed by atoms with Gasteiger partial charge in [-0.05, 0) is 48.1 Å². The van der Waals surface area contributed by atoms with Crippen LogP contribution in [0, 0.1) is 10.1 Å².